The summed E-state index contributed by atoms with van der Waals surface area (Å²) in [6, 6.07) is 9.29. The highest BCUT2D eigenvalue weighted by Crippen LogP contribution is 2.39. The smallest absolute Gasteiger partial charge is 0.243 e. The van der Waals surface area contributed by atoms with Gasteiger partial charge < -0.3 is 9.64 Å². The van der Waals surface area contributed by atoms with E-state index in [1.54, 1.807) is 0 Å². The Bertz CT molecular complexity index is 951. The number of ether oxygens (including phenoxy) is 1. The van der Waals surface area contributed by atoms with Gasteiger partial charge in [-0.1, -0.05) is 30.3 Å². The van der Waals surface area contributed by atoms with Gasteiger partial charge in [0.25, 0.3) is 0 Å². The predicted octanol–water partition coefficient (Wildman–Crippen LogP) is 2.92. The van der Waals surface area contributed by atoms with Crippen molar-refractivity contribution in [1.29, 1.82) is 0 Å². The zero-order valence-electron chi connectivity index (χ0n) is 14.8. The van der Waals surface area contributed by atoms with Crippen LogP contribution in [-0.4, -0.2) is 40.5 Å². The third kappa shape index (κ3) is 4.45. The van der Waals surface area contributed by atoms with Crippen molar-refractivity contribution in [3.8, 4) is 0 Å². The van der Waals surface area contributed by atoms with Gasteiger partial charge in [-0.25, -0.2) is 26.7 Å². The van der Waals surface area contributed by atoms with Gasteiger partial charge in [0.2, 0.25) is 10.0 Å². The molecule has 152 valence electrons. The molecule has 0 radical (unpaired) electrons. The summed E-state index contributed by atoms with van der Waals surface area (Å²) in [4.78, 5) is -0.387. The molecule has 0 aromatic heterocycles. The van der Waals surface area contributed by atoms with E-state index >= 15 is 4.39 Å². The number of rotatable bonds is 6. The molecule has 0 bridgehead atoms. The lowest BCUT2D eigenvalue weighted by Gasteiger charge is -2.31. The standard InChI is InChI=1S/C18H19F3N2O3S2/c19-13-14(20)18(28(22,24)25)16(23-7-9-26-10-8-23)15(21)17(13)27-11-6-12-4-2-1-3-5-12/h1-5H,6-11H2,(H2,22,24,25). The van der Waals surface area contributed by atoms with Crippen LogP contribution in [0.2, 0.25) is 0 Å². The molecule has 1 heterocycles. The summed E-state index contributed by atoms with van der Waals surface area (Å²) in [5.41, 5.74) is 0.428. The Balaban J connectivity index is 1.99. The van der Waals surface area contributed by atoms with E-state index in [-0.39, 0.29) is 32.1 Å². The lowest BCUT2D eigenvalue weighted by molar-refractivity contribution is 0.122. The van der Waals surface area contributed by atoms with Crippen LogP contribution in [0.15, 0.2) is 40.1 Å². The Kier molecular flexibility index (Phi) is 6.54. The molecule has 0 unspecified atom stereocenters. The number of primary sulfonamides is 1. The van der Waals surface area contributed by atoms with E-state index in [4.69, 9.17) is 9.88 Å². The Labute approximate surface area is 165 Å². The van der Waals surface area contributed by atoms with Crippen LogP contribution in [0.4, 0.5) is 18.9 Å². The fourth-order valence-corrected chi connectivity index (χ4v) is 4.79. The molecule has 0 saturated carbocycles. The van der Waals surface area contributed by atoms with E-state index in [9.17, 15) is 17.2 Å². The fraction of sp³-hybridized carbons (Fsp3) is 0.333. The molecule has 1 saturated heterocycles. The van der Waals surface area contributed by atoms with Crippen molar-refractivity contribution < 1.29 is 26.3 Å². The van der Waals surface area contributed by atoms with Crippen LogP contribution in [-0.2, 0) is 21.2 Å². The van der Waals surface area contributed by atoms with Gasteiger partial charge >= 0.3 is 0 Å². The molecule has 1 fully saturated rings. The van der Waals surface area contributed by atoms with Crippen molar-refractivity contribution in [3.63, 3.8) is 0 Å². The highest BCUT2D eigenvalue weighted by atomic mass is 32.2. The van der Waals surface area contributed by atoms with Gasteiger partial charge in [0.1, 0.15) is 4.90 Å². The average Bonchev–Trinajstić information content (AvgIpc) is 2.67. The van der Waals surface area contributed by atoms with E-state index in [0.29, 0.717) is 6.42 Å². The molecule has 5 nitrogen and oxygen atoms in total. The number of benzene rings is 2. The SMILES string of the molecule is NS(=O)(=O)c1c(F)c(F)c(SCCc2ccccc2)c(F)c1N1CCOCC1. The number of anilines is 1. The summed E-state index contributed by atoms with van der Waals surface area (Å²) in [6.07, 6.45) is 0.510. The molecule has 0 spiro atoms. The summed E-state index contributed by atoms with van der Waals surface area (Å²) in [5, 5.41) is 5.06. The number of nitrogens with two attached hydrogens (primary N) is 1. The number of nitrogens with zero attached hydrogens (tertiary/aromatic N) is 1. The molecule has 0 amide bonds. The number of hydrogen-bond donors (Lipinski definition) is 1. The number of morpholine rings is 1. The first kappa shape index (κ1) is 21.0. The normalized spacial score (nSPS) is 15.1. The summed E-state index contributed by atoms with van der Waals surface area (Å²) < 4.78 is 73.3. The van der Waals surface area contributed by atoms with Crippen LogP contribution in [0.5, 0.6) is 0 Å². The number of thioether (sulfide) groups is 1. The minimum atomic E-state index is -4.69. The zero-order chi connectivity index (χ0) is 20.3. The molecular formula is C18H19F3N2O3S2. The third-order valence-electron chi connectivity index (χ3n) is 4.31. The van der Waals surface area contributed by atoms with Crippen LogP contribution in [0, 0.1) is 17.5 Å². The molecular weight excluding hydrogens is 413 g/mol. The maximum absolute atomic E-state index is 15.2. The van der Waals surface area contributed by atoms with Gasteiger partial charge in [0, 0.05) is 18.8 Å². The van der Waals surface area contributed by atoms with E-state index in [1.807, 2.05) is 30.3 Å². The van der Waals surface area contributed by atoms with Gasteiger partial charge in [-0.15, -0.1) is 11.8 Å². The molecule has 10 heteroatoms. The molecule has 0 aliphatic carbocycles. The summed E-state index contributed by atoms with van der Waals surface area (Å²) in [6.45, 7) is 0.690. The van der Waals surface area contributed by atoms with Crippen molar-refractivity contribution >= 4 is 27.5 Å². The van der Waals surface area contributed by atoms with Gasteiger partial charge in [-0.2, -0.15) is 0 Å². The fourth-order valence-electron chi connectivity index (χ4n) is 2.98. The highest BCUT2D eigenvalue weighted by molar-refractivity contribution is 7.99. The van der Waals surface area contributed by atoms with Gasteiger partial charge in [0.15, 0.2) is 17.5 Å². The number of halogens is 3. The van der Waals surface area contributed by atoms with Crippen molar-refractivity contribution in [2.45, 2.75) is 16.2 Å². The molecule has 1 aliphatic heterocycles. The zero-order valence-corrected chi connectivity index (χ0v) is 16.5. The molecule has 0 atom stereocenters. The van der Waals surface area contributed by atoms with Crippen LogP contribution in [0.25, 0.3) is 0 Å². The van der Waals surface area contributed by atoms with Crippen molar-refractivity contribution in [1.82, 2.24) is 0 Å². The van der Waals surface area contributed by atoms with Gasteiger partial charge in [0.05, 0.1) is 23.8 Å². The van der Waals surface area contributed by atoms with Crippen molar-refractivity contribution in [3.05, 3.63) is 53.3 Å². The first-order valence-electron chi connectivity index (χ1n) is 8.53. The Morgan fingerprint density at radius 2 is 1.68 bits per heavy atom. The molecule has 2 aromatic rings. The quantitative estimate of drug-likeness (QED) is 0.561. The Morgan fingerprint density at radius 3 is 2.29 bits per heavy atom. The van der Waals surface area contributed by atoms with Gasteiger partial charge in [-0.3, -0.25) is 0 Å². The Morgan fingerprint density at radius 1 is 1.04 bits per heavy atom. The minimum absolute atomic E-state index is 0.138. The molecule has 3 rings (SSSR count). The summed E-state index contributed by atoms with van der Waals surface area (Å²) >= 11 is 0.797. The summed E-state index contributed by atoms with van der Waals surface area (Å²) in [7, 11) is -4.69. The first-order chi connectivity index (χ1) is 13.3. The minimum Gasteiger partial charge on any atom is -0.378 e. The highest BCUT2D eigenvalue weighted by Gasteiger charge is 2.34. The van der Waals surface area contributed by atoms with E-state index < -0.39 is 43.0 Å². The molecule has 2 N–H and O–H groups in total. The molecule has 1 aliphatic rings. The maximum atomic E-state index is 15.2. The second kappa shape index (κ2) is 8.73. The topological polar surface area (TPSA) is 72.6 Å². The van der Waals surface area contributed by atoms with Gasteiger partial charge in [-0.05, 0) is 12.0 Å². The number of hydrogen-bond acceptors (Lipinski definition) is 5. The molecule has 28 heavy (non-hydrogen) atoms. The van der Waals surface area contributed by atoms with Crippen molar-refractivity contribution in [2.24, 2.45) is 5.14 Å². The number of aryl methyl sites for hydroxylation is 1. The second-order valence-corrected chi connectivity index (χ2v) is 8.78. The monoisotopic (exact) mass is 432 g/mol. The van der Waals surface area contributed by atoms with Crippen molar-refractivity contribution in [2.75, 3.05) is 37.0 Å². The van der Waals surface area contributed by atoms with E-state index in [0.717, 1.165) is 17.3 Å². The first-order valence-corrected chi connectivity index (χ1v) is 11.1. The second-order valence-electron chi connectivity index (χ2n) is 6.18. The molecule has 2 aromatic carbocycles. The average molecular weight is 432 g/mol. The Hall–Kier alpha value is -1.75. The maximum Gasteiger partial charge on any atom is 0.243 e. The third-order valence-corrected chi connectivity index (χ3v) is 6.30. The van der Waals surface area contributed by atoms with E-state index in [2.05, 4.69) is 0 Å². The predicted molar refractivity (Wildman–Crippen MR) is 102 cm³/mol. The van der Waals surface area contributed by atoms with Crippen LogP contribution < -0.4 is 10.0 Å². The van der Waals surface area contributed by atoms with Crippen LogP contribution in [0.3, 0.4) is 0 Å². The van der Waals surface area contributed by atoms with Crippen LogP contribution >= 0.6 is 11.8 Å². The summed E-state index contributed by atoms with van der Waals surface area (Å²) in [5.74, 6) is -4.04. The lowest BCUT2D eigenvalue weighted by atomic mass is 10.2. The van der Waals surface area contributed by atoms with E-state index in [1.165, 1.54) is 4.90 Å². The number of sulfonamides is 1. The van der Waals surface area contributed by atoms with Crippen LogP contribution in [0.1, 0.15) is 5.56 Å². The largest absolute Gasteiger partial charge is 0.378 e. The lowest BCUT2D eigenvalue weighted by Crippen LogP contribution is -2.38.